The first-order chi connectivity index (χ1) is 23.2. The van der Waals surface area contributed by atoms with Gasteiger partial charge in [0.05, 0.1) is 13.2 Å². The number of hydrogen-bond donors (Lipinski definition) is 0. The Labute approximate surface area is 289 Å². The zero-order valence-corrected chi connectivity index (χ0v) is 30.5. The van der Waals surface area contributed by atoms with Gasteiger partial charge in [-0.05, 0) is 24.0 Å². The molecule has 0 aromatic heterocycles. The molecule has 2 aliphatic heterocycles. The molecule has 0 radical (unpaired) electrons. The van der Waals surface area contributed by atoms with E-state index in [1.165, 1.54) is 140 Å². The highest BCUT2D eigenvalue weighted by Crippen LogP contribution is 2.46. The Morgan fingerprint density at radius 1 is 0.468 bits per heavy atom. The standard InChI is InChI=1S/C44H70O3/c1-3-5-7-9-11-13-15-17-19-27-33-43(41-37-45-41,35-39-29-23-21-24-30-39)47-44(42-38-46-42,36-40-31-25-22-26-32-40)34-28-20-18-16-14-12-10-8-6-4-2/h21-26,29-32,41-42H,3-20,27-28,33-38H2,1-2H3. The van der Waals surface area contributed by atoms with Gasteiger partial charge in [0.25, 0.3) is 0 Å². The van der Waals surface area contributed by atoms with Gasteiger partial charge in [-0.2, -0.15) is 0 Å². The maximum Gasteiger partial charge on any atom is 0.110 e. The fourth-order valence-corrected chi connectivity index (χ4v) is 7.85. The summed E-state index contributed by atoms with van der Waals surface area (Å²) in [6, 6.07) is 22.1. The lowest BCUT2D eigenvalue weighted by atomic mass is 9.81. The lowest BCUT2D eigenvalue weighted by Crippen LogP contribution is -2.53. The van der Waals surface area contributed by atoms with Crippen LogP contribution in [0.2, 0.25) is 0 Å². The van der Waals surface area contributed by atoms with Crippen molar-refractivity contribution in [3.8, 4) is 0 Å². The highest BCUT2D eigenvalue weighted by Gasteiger charge is 2.56. The molecular weight excluding hydrogens is 576 g/mol. The van der Waals surface area contributed by atoms with Crippen LogP contribution in [-0.4, -0.2) is 36.6 Å². The van der Waals surface area contributed by atoms with Crippen LogP contribution in [-0.2, 0) is 27.1 Å². The predicted octanol–water partition coefficient (Wildman–Crippen LogP) is 12.4. The number of rotatable bonds is 30. The van der Waals surface area contributed by atoms with Crippen LogP contribution < -0.4 is 0 Å². The second-order valence-electron chi connectivity index (χ2n) is 15.1. The lowest BCUT2D eigenvalue weighted by molar-refractivity contribution is -0.184. The molecule has 2 aromatic carbocycles. The summed E-state index contributed by atoms with van der Waals surface area (Å²) in [4.78, 5) is 0. The van der Waals surface area contributed by atoms with E-state index in [4.69, 9.17) is 14.2 Å². The van der Waals surface area contributed by atoms with Gasteiger partial charge in [-0.25, -0.2) is 0 Å². The monoisotopic (exact) mass is 647 g/mol. The Morgan fingerprint density at radius 2 is 0.766 bits per heavy atom. The second-order valence-corrected chi connectivity index (χ2v) is 15.1. The molecule has 47 heavy (non-hydrogen) atoms. The third-order valence-corrected chi connectivity index (χ3v) is 10.8. The average molecular weight is 647 g/mol. The van der Waals surface area contributed by atoms with E-state index in [2.05, 4.69) is 74.5 Å². The Kier molecular flexibility index (Phi) is 17.9. The third-order valence-electron chi connectivity index (χ3n) is 10.8. The van der Waals surface area contributed by atoms with Crippen molar-refractivity contribution in [3.63, 3.8) is 0 Å². The molecule has 0 aliphatic carbocycles. The average Bonchev–Trinajstić information content (AvgIpc) is 4.01. The second kappa shape index (κ2) is 22.1. The molecule has 2 aromatic rings. The van der Waals surface area contributed by atoms with Crippen molar-refractivity contribution in [3.05, 3.63) is 71.8 Å². The summed E-state index contributed by atoms with van der Waals surface area (Å²) < 4.78 is 20.2. The topological polar surface area (TPSA) is 34.3 Å². The Balaban J connectivity index is 1.42. The van der Waals surface area contributed by atoms with Crippen LogP contribution in [0.5, 0.6) is 0 Å². The fraction of sp³-hybridized carbons (Fsp3) is 0.727. The van der Waals surface area contributed by atoms with Crippen molar-refractivity contribution in [2.75, 3.05) is 13.2 Å². The van der Waals surface area contributed by atoms with Crippen LogP contribution in [0.15, 0.2) is 60.7 Å². The molecule has 2 saturated heterocycles. The molecule has 2 fully saturated rings. The summed E-state index contributed by atoms with van der Waals surface area (Å²) in [5, 5.41) is 0. The molecule has 0 amide bonds. The van der Waals surface area contributed by atoms with Gasteiger partial charge in [0.15, 0.2) is 0 Å². The molecule has 3 heteroatoms. The lowest BCUT2D eigenvalue weighted by Gasteiger charge is -2.44. The van der Waals surface area contributed by atoms with Crippen molar-refractivity contribution < 1.29 is 14.2 Å². The third kappa shape index (κ3) is 14.4. The zero-order chi connectivity index (χ0) is 32.9. The normalized spacial score (nSPS) is 19.7. The van der Waals surface area contributed by atoms with Gasteiger partial charge in [-0.15, -0.1) is 0 Å². The molecular formula is C44H70O3. The molecule has 2 heterocycles. The first-order valence-electron chi connectivity index (χ1n) is 20.2. The minimum atomic E-state index is -0.319. The first-order valence-corrected chi connectivity index (χ1v) is 20.2. The maximum absolute atomic E-state index is 7.80. The van der Waals surface area contributed by atoms with E-state index in [1.54, 1.807) is 0 Å². The number of unbranched alkanes of at least 4 members (excludes halogenated alkanes) is 18. The number of epoxide rings is 2. The quantitative estimate of drug-likeness (QED) is 0.0625. The number of benzene rings is 2. The smallest absolute Gasteiger partial charge is 0.110 e. The van der Waals surface area contributed by atoms with Gasteiger partial charge in [0.1, 0.15) is 23.4 Å². The number of hydrogen-bond acceptors (Lipinski definition) is 3. The Morgan fingerprint density at radius 3 is 1.06 bits per heavy atom. The van der Waals surface area contributed by atoms with E-state index in [1.807, 2.05) is 0 Å². The molecule has 0 saturated carbocycles. The van der Waals surface area contributed by atoms with E-state index in [0.717, 1.165) is 38.9 Å². The van der Waals surface area contributed by atoms with E-state index in [0.29, 0.717) is 0 Å². The summed E-state index contributed by atoms with van der Waals surface area (Å²) in [6.45, 7) is 6.23. The van der Waals surface area contributed by atoms with Crippen LogP contribution in [0.25, 0.3) is 0 Å². The Hall–Kier alpha value is -1.68. The molecule has 4 atom stereocenters. The fourth-order valence-electron chi connectivity index (χ4n) is 7.85. The highest BCUT2D eigenvalue weighted by atomic mass is 16.6. The van der Waals surface area contributed by atoms with Crippen molar-refractivity contribution in [2.24, 2.45) is 0 Å². The molecule has 0 spiro atoms. The van der Waals surface area contributed by atoms with Gasteiger partial charge < -0.3 is 14.2 Å². The molecule has 3 nitrogen and oxygen atoms in total. The van der Waals surface area contributed by atoms with E-state index in [9.17, 15) is 0 Å². The zero-order valence-electron chi connectivity index (χ0n) is 30.5. The molecule has 264 valence electrons. The predicted molar refractivity (Wildman–Crippen MR) is 199 cm³/mol. The molecule has 4 rings (SSSR count). The highest BCUT2D eigenvalue weighted by molar-refractivity contribution is 5.22. The van der Waals surface area contributed by atoms with Crippen molar-refractivity contribution >= 4 is 0 Å². The summed E-state index contributed by atoms with van der Waals surface area (Å²) in [5.74, 6) is 0. The molecule has 0 N–H and O–H groups in total. The van der Waals surface area contributed by atoms with Crippen LogP contribution in [0.4, 0.5) is 0 Å². The van der Waals surface area contributed by atoms with Gasteiger partial charge in [-0.1, -0.05) is 203 Å². The Bertz CT molecular complexity index is 949. The van der Waals surface area contributed by atoms with Gasteiger partial charge in [-0.3, -0.25) is 0 Å². The van der Waals surface area contributed by atoms with Gasteiger partial charge >= 0.3 is 0 Å². The summed E-state index contributed by atoms with van der Waals surface area (Å²) in [6.07, 6.45) is 31.3. The van der Waals surface area contributed by atoms with Crippen molar-refractivity contribution in [1.29, 1.82) is 0 Å². The minimum absolute atomic E-state index is 0.169. The van der Waals surface area contributed by atoms with Crippen LogP contribution in [0.1, 0.15) is 166 Å². The number of ether oxygens (including phenoxy) is 3. The van der Waals surface area contributed by atoms with Gasteiger partial charge in [0, 0.05) is 12.8 Å². The van der Waals surface area contributed by atoms with Gasteiger partial charge in [0.2, 0.25) is 0 Å². The van der Waals surface area contributed by atoms with Crippen molar-refractivity contribution in [1.82, 2.24) is 0 Å². The maximum atomic E-state index is 7.80. The summed E-state index contributed by atoms with van der Waals surface area (Å²) >= 11 is 0. The summed E-state index contributed by atoms with van der Waals surface area (Å²) in [5.41, 5.74) is 2.08. The summed E-state index contributed by atoms with van der Waals surface area (Å²) in [7, 11) is 0. The van der Waals surface area contributed by atoms with Crippen LogP contribution >= 0.6 is 0 Å². The van der Waals surface area contributed by atoms with Crippen LogP contribution in [0, 0.1) is 0 Å². The SMILES string of the molecule is CCCCCCCCCCCCC(Cc1ccccc1)(OC(CCCCCCCCCCCC)(Cc1ccccc1)C1CO1)C1CO1. The minimum Gasteiger partial charge on any atom is -0.370 e. The molecule has 0 bridgehead atoms. The van der Waals surface area contributed by atoms with E-state index in [-0.39, 0.29) is 23.4 Å². The van der Waals surface area contributed by atoms with E-state index >= 15 is 0 Å². The molecule has 2 aliphatic rings. The largest absolute Gasteiger partial charge is 0.370 e. The molecule has 4 unspecified atom stereocenters. The first kappa shape index (κ1) is 38.1. The van der Waals surface area contributed by atoms with E-state index < -0.39 is 0 Å². The van der Waals surface area contributed by atoms with Crippen molar-refractivity contribution in [2.45, 2.75) is 191 Å². The van der Waals surface area contributed by atoms with Crippen LogP contribution in [0.3, 0.4) is 0 Å².